The molecule has 1 aliphatic carbocycles. The summed E-state index contributed by atoms with van der Waals surface area (Å²) in [5.74, 6) is 0.143. The van der Waals surface area contributed by atoms with Gasteiger partial charge >= 0.3 is 0 Å². The Labute approximate surface area is 124 Å². The van der Waals surface area contributed by atoms with E-state index in [0.717, 1.165) is 31.2 Å². The van der Waals surface area contributed by atoms with Gasteiger partial charge in [-0.25, -0.2) is 0 Å². The molecule has 114 valence electrons. The summed E-state index contributed by atoms with van der Waals surface area (Å²) in [5.41, 5.74) is 0.875. The summed E-state index contributed by atoms with van der Waals surface area (Å²) in [6.45, 7) is 2.62. The second-order valence-corrected chi connectivity index (χ2v) is 6.05. The first kappa shape index (κ1) is 15.5. The third kappa shape index (κ3) is 4.03. The van der Waals surface area contributed by atoms with Gasteiger partial charge in [-0.3, -0.25) is 14.9 Å². The van der Waals surface area contributed by atoms with Crippen molar-refractivity contribution < 1.29 is 9.72 Å². The van der Waals surface area contributed by atoms with Crippen molar-refractivity contribution in [2.24, 2.45) is 5.41 Å². The first-order valence-corrected chi connectivity index (χ1v) is 7.53. The minimum atomic E-state index is -0.407. The van der Waals surface area contributed by atoms with Gasteiger partial charge in [0.05, 0.1) is 4.92 Å². The lowest BCUT2D eigenvalue weighted by molar-refractivity contribution is -0.384. The first-order valence-electron chi connectivity index (χ1n) is 7.53. The smallest absolute Gasteiger partial charge is 0.269 e. The second kappa shape index (κ2) is 6.70. The van der Waals surface area contributed by atoms with Crippen molar-refractivity contribution in [2.75, 3.05) is 6.54 Å². The van der Waals surface area contributed by atoms with Gasteiger partial charge in [0.1, 0.15) is 0 Å². The summed E-state index contributed by atoms with van der Waals surface area (Å²) >= 11 is 0. The van der Waals surface area contributed by atoms with E-state index >= 15 is 0 Å². The van der Waals surface area contributed by atoms with Gasteiger partial charge in [0, 0.05) is 24.1 Å². The zero-order chi connectivity index (χ0) is 15.3. The Bertz CT molecular complexity index is 505. The maximum atomic E-state index is 12.3. The van der Waals surface area contributed by atoms with Crippen LogP contribution >= 0.6 is 0 Å². The zero-order valence-electron chi connectivity index (χ0n) is 12.4. The molecule has 1 N–H and O–H groups in total. The van der Waals surface area contributed by atoms with Gasteiger partial charge in [-0.15, -0.1) is 0 Å². The zero-order valence-corrected chi connectivity index (χ0v) is 12.4. The van der Waals surface area contributed by atoms with Crippen LogP contribution in [0.1, 0.15) is 44.6 Å². The number of carbonyl (C=O) groups is 1. The number of rotatable bonds is 5. The van der Waals surface area contributed by atoms with Crippen LogP contribution in [0.25, 0.3) is 0 Å². The van der Waals surface area contributed by atoms with Crippen molar-refractivity contribution in [1.82, 2.24) is 5.32 Å². The minimum Gasteiger partial charge on any atom is -0.355 e. The van der Waals surface area contributed by atoms with Crippen molar-refractivity contribution in [3.05, 3.63) is 39.9 Å². The summed E-state index contributed by atoms with van der Waals surface area (Å²) in [6, 6.07) is 6.48. The lowest BCUT2D eigenvalue weighted by Crippen LogP contribution is -2.41. The fourth-order valence-corrected chi connectivity index (χ4v) is 2.88. The number of hydrogen-bond acceptors (Lipinski definition) is 3. The van der Waals surface area contributed by atoms with E-state index in [1.807, 2.05) is 6.92 Å². The topological polar surface area (TPSA) is 72.2 Å². The Morgan fingerprint density at radius 3 is 2.43 bits per heavy atom. The van der Waals surface area contributed by atoms with Crippen molar-refractivity contribution in [3.63, 3.8) is 0 Å². The lowest BCUT2D eigenvalue weighted by atomic mass is 9.75. The van der Waals surface area contributed by atoms with E-state index < -0.39 is 4.92 Å². The summed E-state index contributed by atoms with van der Waals surface area (Å²) < 4.78 is 0. The summed E-state index contributed by atoms with van der Waals surface area (Å²) in [4.78, 5) is 22.4. The molecular weight excluding hydrogens is 268 g/mol. The second-order valence-electron chi connectivity index (χ2n) is 6.05. The van der Waals surface area contributed by atoms with E-state index in [4.69, 9.17) is 0 Å². The Morgan fingerprint density at radius 2 is 1.86 bits per heavy atom. The average molecular weight is 290 g/mol. The van der Waals surface area contributed by atoms with Gasteiger partial charge in [0.2, 0.25) is 5.91 Å². The van der Waals surface area contributed by atoms with Crippen LogP contribution in [0.2, 0.25) is 0 Å². The predicted molar refractivity (Wildman–Crippen MR) is 81.0 cm³/mol. The molecular formula is C16H22N2O3. The number of nitrogens with zero attached hydrogens (tertiary/aromatic N) is 1. The molecule has 0 spiro atoms. The molecule has 5 nitrogen and oxygen atoms in total. The van der Waals surface area contributed by atoms with Crippen molar-refractivity contribution in [2.45, 2.75) is 45.4 Å². The number of carbonyl (C=O) groups excluding carboxylic acids is 1. The predicted octanol–water partition coefficient (Wildman–Crippen LogP) is 3.22. The van der Waals surface area contributed by atoms with Crippen LogP contribution in [0.4, 0.5) is 5.69 Å². The number of nitro groups is 1. The molecule has 1 fully saturated rings. The molecule has 0 aliphatic heterocycles. The van der Waals surface area contributed by atoms with E-state index in [9.17, 15) is 14.9 Å². The number of hydrogen-bond donors (Lipinski definition) is 1. The normalized spacial score (nSPS) is 17.2. The van der Waals surface area contributed by atoms with Crippen molar-refractivity contribution in [3.8, 4) is 0 Å². The highest BCUT2D eigenvalue weighted by Crippen LogP contribution is 2.35. The molecule has 0 aromatic heterocycles. The maximum Gasteiger partial charge on any atom is 0.269 e. The molecule has 5 heteroatoms. The van der Waals surface area contributed by atoms with Gasteiger partial charge in [-0.1, -0.05) is 38.3 Å². The molecule has 0 unspecified atom stereocenters. The van der Waals surface area contributed by atoms with E-state index in [1.165, 1.54) is 18.6 Å². The van der Waals surface area contributed by atoms with Gasteiger partial charge in [0.25, 0.3) is 5.69 Å². The van der Waals surface area contributed by atoms with Crippen LogP contribution in [0.3, 0.4) is 0 Å². The summed E-state index contributed by atoms with van der Waals surface area (Å²) in [6.07, 6.45) is 6.12. The molecule has 1 aliphatic rings. The number of benzene rings is 1. The highest BCUT2D eigenvalue weighted by atomic mass is 16.6. The van der Waals surface area contributed by atoms with E-state index in [2.05, 4.69) is 5.32 Å². The molecule has 21 heavy (non-hydrogen) atoms. The van der Waals surface area contributed by atoms with Gasteiger partial charge < -0.3 is 5.32 Å². The van der Waals surface area contributed by atoms with Gasteiger partial charge in [0.15, 0.2) is 0 Å². The van der Waals surface area contributed by atoms with Crippen LogP contribution in [-0.2, 0) is 11.2 Å². The van der Waals surface area contributed by atoms with E-state index in [1.54, 1.807) is 12.1 Å². The fourth-order valence-electron chi connectivity index (χ4n) is 2.88. The molecule has 1 aromatic rings. The lowest BCUT2D eigenvalue weighted by Gasteiger charge is -2.32. The molecule has 1 amide bonds. The third-order valence-electron chi connectivity index (χ3n) is 4.35. The quantitative estimate of drug-likeness (QED) is 0.668. The van der Waals surface area contributed by atoms with Crippen LogP contribution in [0.15, 0.2) is 24.3 Å². The van der Waals surface area contributed by atoms with Gasteiger partial charge in [-0.2, -0.15) is 0 Å². The monoisotopic (exact) mass is 290 g/mol. The Kier molecular flexibility index (Phi) is 4.94. The van der Waals surface area contributed by atoms with Crippen LogP contribution in [0, 0.1) is 15.5 Å². The highest BCUT2D eigenvalue weighted by Gasteiger charge is 2.33. The van der Waals surface area contributed by atoms with Gasteiger partial charge in [-0.05, 0) is 24.8 Å². The number of nitro benzene ring substituents is 1. The Morgan fingerprint density at radius 1 is 1.24 bits per heavy atom. The number of amides is 1. The summed E-state index contributed by atoms with van der Waals surface area (Å²) in [5, 5.41) is 13.6. The molecule has 1 aromatic carbocycles. The van der Waals surface area contributed by atoms with Crippen LogP contribution in [-0.4, -0.2) is 17.4 Å². The third-order valence-corrected chi connectivity index (χ3v) is 4.35. The molecule has 0 radical (unpaired) electrons. The van der Waals surface area contributed by atoms with E-state index in [-0.39, 0.29) is 17.0 Å². The number of non-ortho nitro benzene ring substituents is 1. The number of nitrogens with one attached hydrogen (secondary N) is 1. The molecule has 2 rings (SSSR count). The molecule has 0 heterocycles. The van der Waals surface area contributed by atoms with Crippen LogP contribution in [0.5, 0.6) is 0 Å². The van der Waals surface area contributed by atoms with Crippen molar-refractivity contribution in [1.29, 1.82) is 0 Å². The van der Waals surface area contributed by atoms with Crippen LogP contribution < -0.4 is 5.32 Å². The SMILES string of the molecule is CC1(C(=O)NCCc2ccc([N+](=O)[O-])cc2)CCCCC1. The summed E-state index contributed by atoms with van der Waals surface area (Å²) in [7, 11) is 0. The first-order chi connectivity index (χ1) is 10.0. The fraction of sp³-hybridized carbons (Fsp3) is 0.562. The largest absolute Gasteiger partial charge is 0.355 e. The Hall–Kier alpha value is -1.91. The molecule has 0 bridgehead atoms. The van der Waals surface area contributed by atoms with Crippen molar-refractivity contribution >= 4 is 11.6 Å². The maximum absolute atomic E-state index is 12.3. The standard InChI is InChI=1S/C16H22N2O3/c1-16(10-3-2-4-11-16)15(19)17-12-9-13-5-7-14(8-6-13)18(20)21/h5-8H,2-4,9-12H2,1H3,(H,17,19). The minimum absolute atomic E-state index is 0.0949. The Balaban J connectivity index is 1.80. The molecule has 1 saturated carbocycles. The molecule has 0 atom stereocenters. The molecule has 0 saturated heterocycles. The average Bonchev–Trinajstić information content (AvgIpc) is 2.48. The highest BCUT2D eigenvalue weighted by molar-refractivity contribution is 5.82. The van der Waals surface area contributed by atoms with E-state index in [0.29, 0.717) is 13.0 Å².